The fraction of sp³-hybridized carbons (Fsp3) is 0.0714. The quantitative estimate of drug-likeness (QED) is 0.639. The highest BCUT2D eigenvalue weighted by Gasteiger charge is 2.16. The van der Waals surface area contributed by atoms with Gasteiger partial charge in [0, 0.05) is 15.8 Å². The molecule has 0 unspecified atom stereocenters. The summed E-state index contributed by atoms with van der Waals surface area (Å²) in [5.41, 5.74) is 7.65. The number of esters is 1. The Morgan fingerprint density at radius 2 is 2.10 bits per heavy atom. The van der Waals surface area contributed by atoms with Gasteiger partial charge in [-0.05, 0) is 30.3 Å². The molecule has 0 aliphatic heterocycles. The van der Waals surface area contributed by atoms with Gasteiger partial charge in [0.1, 0.15) is 0 Å². The molecule has 2 rings (SSSR count). The lowest BCUT2D eigenvalue weighted by atomic mass is 10.1. The molecule has 0 amide bonds. The zero-order valence-electron chi connectivity index (χ0n) is 10.6. The summed E-state index contributed by atoms with van der Waals surface area (Å²) >= 11 is 9.55. The Balaban J connectivity index is 2.47. The second kappa shape index (κ2) is 6.15. The van der Waals surface area contributed by atoms with Crippen molar-refractivity contribution in [1.82, 2.24) is 0 Å². The van der Waals surface area contributed by atoms with Crippen LogP contribution in [-0.4, -0.2) is 13.1 Å². The average molecular weight is 356 g/mol. The van der Waals surface area contributed by atoms with Gasteiger partial charge in [-0.15, -0.1) is 0 Å². The van der Waals surface area contributed by atoms with Crippen molar-refractivity contribution in [1.29, 1.82) is 0 Å². The van der Waals surface area contributed by atoms with Crippen LogP contribution in [-0.2, 0) is 4.74 Å². The number of hydrogen-bond donors (Lipinski definition) is 2. The molecule has 0 saturated carbocycles. The van der Waals surface area contributed by atoms with Crippen molar-refractivity contribution in [2.75, 3.05) is 18.2 Å². The highest BCUT2D eigenvalue weighted by molar-refractivity contribution is 9.10. The minimum atomic E-state index is -0.503. The van der Waals surface area contributed by atoms with Gasteiger partial charge < -0.3 is 15.8 Å². The summed E-state index contributed by atoms with van der Waals surface area (Å²) in [6, 6.07) is 10.6. The molecule has 0 aliphatic rings. The molecule has 0 radical (unpaired) electrons. The fourth-order valence-corrected chi connectivity index (χ4v) is 2.41. The molecule has 2 aromatic carbocycles. The first-order chi connectivity index (χ1) is 9.51. The third kappa shape index (κ3) is 3.23. The topological polar surface area (TPSA) is 64.3 Å². The third-order valence-corrected chi connectivity index (χ3v) is 3.40. The van der Waals surface area contributed by atoms with E-state index in [1.54, 1.807) is 6.07 Å². The highest BCUT2D eigenvalue weighted by Crippen LogP contribution is 2.32. The Bertz CT molecular complexity index is 662. The van der Waals surface area contributed by atoms with E-state index in [-0.39, 0.29) is 5.56 Å². The number of rotatable bonds is 3. The molecule has 0 aliphatic carbocycles. The van der Waals surface area contributed by atoms with Crippen LogP contribution in [0.1, 0.15) is 10.4 Å². The SMILES string of the molecule is COC(=O)c1cc(N)cc(Cl)c1Nc1cccc(Br)c1. The largest absolute Gasteiger partial charge is 0.465 e. The first-order valence-electron chi connectivity index (χ1n) is 5.71. The summed E-state index contributed by atoms with van der Waals surface area (Å²) in [4.78, 5) is 11.8. The Morgan fingerprint density at radius 3 is 2.75 bits per heavy atom. The summed E-state index contributed by atoms with van der Waals surface area (Å²) in [5.74, 6) is -0.503. The van der Waals surface area contributed by atoms with Crippen LogP contribution in [0.3, 0.4) is 0 Å². The van der Waals surface area contributed by atoms with Crippen LogP contribution >= 0.6 is 27.5 Å². The number of ether oxygens (including phenoxy) is 1. The van der Waals surface area contributed by atoms with Gasteiger partial charge in [-0.3, -0.25) is 0 Å². The van der Waals surface area contributed by atoms with Crippen LogP contribution in [0.15, 0.2) is 40.9 Å². The number of nitrogen functional groups attached to an aromatic ring is 1. The zero-order valence-corrected chi connectivity index (χ0v) is 13.0. The van der Waals surface area contributed by atoms with E-state index in [1.165, 1.54) is 13.2 Å². The molecular formula is C14H12BrClN2O2. The van der Waals surface area contributed by atoms with Crippen molar-refractivity contribution in [2.24, 2.45) is 0 Å². The predicted octanol–water partition coefficient (Wildman–Crippen LogP) is 4.21. The number of carbonyl (C=O) groups excluding carboxylic acids is 1. The number of nitrogens with two attached hydrogens (primary N) is 1. The van der Waals surface area contributed by atoms with Crippen LogP contribution in [0, 0.1) is 0 Å². The van der Waals surface area contributed by atoms with Crippen molar-refractivity contribution < 1.29 is 9.53 Å². The number of benzene rings is 2. The number of nitrogens with one attached hydrogen (secondary N) is 1. The Kier molecular flexibility index (Phi) is 4.52. The molecule has 0 saturated heterocycles. The number of anilines is 3. The first-order valence-corrected chi connectivity index (χ1v) is 6.88. The molecule has 0 bridgehead atoms. The summed E-state index contributed by atoms with van der Waals surface area (Å²) < 4.78 is 5.66. The van der Waals surface area contributed by atoms with Crippen LogP contribution in [0.4, 0.5) is 17.1 Å². The van der Waals surface area contributed by atoms with E-state index in [2.05, 4.69) is 21.2 Å². The monoisotopic (exact) mass is 354 g/mol. The fourth-order valence-electron chi connectivity index (χ4n) is 1.74. The number of carbonyl (C=O) groups is 1. The van der Waals surface area contributed by atoms with E-state index in [0.717, 1.165) is 10.2 Å². The lowest BCUT2D eigenvalue weighted by Crippen LogP contribution is -2.07. The van der Waals surface area contributed by atoms with Gasteiger partial charge in [-0.1, -0.05) is 33.6 Å². The van der Waals surface area contributed by atoms with Gasteiger partial charge in [0.05, 0.1) is 23.4 Å². The van der Waals surface area contributed by atoms with E-state index < -0.39 is 5.97 Å². The van der Waals surface area contributed by atoms with E-state index in [9.17, 15) is 4.79 Å². The van der Waals surface area contributed by atoms with Crippen LogP contribution in [0.2, 0.25) is 5.02 Å². The molecule has 0 heterocycles. The third-order valence-electron chi connectivity index (χ3n) is 2.61. The molecule has 3 N–H and O–H groups in total. The smallest absolute Gasteiger partial charge is 0.340 e. The second-order valence-corrected chi connectivity index (χ2v) is 5.38. The molecule has 2 aromatic rings. The Hall–Kier alpha value is -1.72. The number of halogens is 2. The molecule has 6 heteroatoms. The molecule has 0 spiro atoms. The molecule has 104 valence electrons. The minimum absolute atomic E-state index is 0.289. The maximum Gasteiger partial charge on any atom is 0.340 e. The Labute approximate surface area is 130 Å². The molecule has 20 heavy (non-hydrogen) atoms. The predicted molar refractivity (Wildman–Crippen MR) is 84.6 cm³/mol. The van der Waals surface area contributed by atoms with Crippen molar-refractivity contribution in [3.8, 4) is 0 Å². The minimum Gasteiger partial charge on any atom is -0.465 e. The summed E-state index contributed by atoms with van der Waals surface area (Å²) in [7, 11) is 1.31. The maximum atomic E-state index is 11.8. The van der Waals surface area contributed by atoms with Gasteiger partial charge >= 0.3 is 5.97 Å². The number of hydrogen-bond acceptors (Lipinski definition) is 4. The van der Waals surface area contributed by atoms with Crippen LogP contribution in [0.25, 0.3) is 0 Å². The zero-order chi connectivity index (χ0) is 14.7. The first kappa shape index (κ1) is 14.7. The molecular weight excluding hydrogens is 344 g/mol. The van der Waals surface area contributed by atoms with Crippen LogP contribution < -0.4 is 11.1 Å². The summed E-state index contributed by atoms with van der Waals surface area (Å²) in [6.45, 7) is 0. The van der Waals surface area contributed by atoms with E-state index in [0.29, 0.717) is 16.4 Å². The highest BCUT2D eigenvalue weighted by atomic mass is 79.9. The van der Waals surface area contributed by atoms with Gasteiger partial charge in [-0.25, -0.2) is 4.79 Å². The molecule has 0 fully saturated rings. The van der Waals surface area contributed by atoms with Crippen molar-refractivity contribution in [3.05, 3.63) is 51.5 Å². The molecule has 0 aromatic heterocycles. The van der Waals surface area contributed by atoms with Crippen molar-refractivity contribution in [2.45, 2.75) is 0 Å². The maximum absolute atomic E-state index is 11.8. The van der Waals surface area contributed by atoms with Crippen molar-refractivity contribution in [3.63, 3.8) is 0 Å². The van der Waals surface area contributed by atoms with Crippen LogP contribution in [0.5, 0.6) is 0 Å². The lowest BCUT2D eigenvalue weighted by molar-refractivity contribution is 0.0602. The van der Waals surface area contributed by atoms with Gasteiger partial charge in [0.2, 0.25) is 0 Å². The normalized spacial score (nSPS) is 10.2. The summed E-state index contributed by atoms with van der Waals surface area (Å²) in [5, 5.41) is 3.46. The van der Waals surface area contributed by atoms with Gasteiger partial charge in [0.25, 0.3) is 0 Å². The standard InChI is InChI=1S/C14H12BrClN2O2/c1-20-14(19)11-6-9(17)7-12(16)13(11)18-10-4-2-3-8(15)5-10/h2-7,18H,17H2,1H3. The number of methoxy groups -OCH3 is 1. The average Bonchev–Trinajstić information content (AvgIpc) is 2.40. The van der Waals surface area contributed by atoms with Gasteiger partial charge in [-0.2, -0.15) is 0 Å². The van der Waals surface area contributed by atoms with E-state index >= 15 is 0 Å². The van der Waals surface area contributed by atoms with E-state index in [4.69, 9.17) is 22.1 Å². The Morgan fingerprint density at radius 1 is 1.35 bits per heavy atom. The lowest BCUT2D eigenvalue weighted by Gasteiger charge is -2.14. The van der Waals surface area contributed by atoms with E-state index in [1.807, 2.05) is 24.3 Å². The van der Waals surface area contributed by atoms with Crippen molar-refractivity contribution >= 4 is 50.6 Å². The second-order valence-electron chi connectivity index (χ2n) is 4.05. The summed E-state index contributed by atoms with van der Waals surface area (Å²) in [6.07, 6.45) is 0. The van der Waals surface area contributed by atoms with Gasteiger partial charge in [0.15, 0.2) is 0 Å². The molecule has 4 nitrogen and oxygen atoms in total. The molecule has 0 atom stereocenters.